The van der Waals surface area contributed by atoms with Gasteiger partial charge in [-0.2, -0.15) is 0 Å². The van der Waals surface area contributed by atoms with E-state index in [4.69, 9.17) is 0 Å². The van der Waals surface area contributed by atoms with Gasteiger partial charge in [0.05, 0.1) is 16.7 Å². The molecule has 2 aromatic rings. The maximum atomic E-state index is 12.5. The quantitative estimate of drug-likeness (QED) is 0.658. The van der Waals surface area contributed by atoms with Crippen LogP contribution >= 0.6 is 0 Å². The molecule has 1 amide bonds. The molecule has 1 atom stereocenters. The molecule has 136 valence electrons. The number of piperidine rings is 1. The number of nitrogens with one attached hydrogen (secondary N) is 1. The van der Waals surface area contributed by atoms with Crippen molar-refractivity contribution in [3.8, 4) is 0 Å². The maximum absolute atomic E-state index is 12.5. The van der Waals surface area contributed by atoms with Crippen molar-refractivity contribution >= 4 is 17.3 Å². The van der Waals surface area contributed by atoms with E-state index in [0.717, 1.165) is 5.69 Å². The number of amides is 1. The van der Waals surface area contributed by atoms with Crippen LogP contribution in [0.4, 0.5) is 11.4 Å². The smallest absolute Gasteiger partial charge is 0.292 e. The summed E-state index contributed by atoms with van der Waals surface area (Å²) in [6.45, 7) is 3.17. The molecule has 0 aliphatic carbocycles. The van der Waals surface area contributed by atoms with Crippen LogP contribution in [0.1, 0.15) is 31.5 Å². The molecule has 3 rings (SSSR count). The first-order chi connectivity index (χ1) is 12.6. The number of hydrogen-bond acceptors (Lipinski definition) is 5. The van der Waals surface area contributed by atoms with Crippen molar-refractivity contribution < 1.29 is 9.72 Å². The highest BCUT2D eigenvalue weighted by atomic mass is 16.6. The van der Waals surface area contributed by atoms with Gasteiger partial charge >= 0.3 is 0 Å². The Morgan fingerprint density at radius 2 is 1.92 bits per heavy atom. The van der Waals surface area contributed by atoms with Crippen molar-refractivity contribution in [2.24, 2.45) is 5.92 Å². The Labute approximate surface area is 152 Å². The average Bonchev–Trinajstić information content (AvgIpc) is 2.68. The van der Waals surface area contributed by atoms with E-state index in [1.54, 1.807) is 24.4 Å². The highest BCUT2D eigenvalue weighted by molar-refractivity contribution is 5.79. The summed E-state index contributed by atoms with van der Waals surface area (Å²) in [5, 5.41) is 14.2. The van der Waals surface area contributed by atoms with Crippen molar-refractivity contribution in [2.75, 3.05) is 18.0 Å². The molecule has 0 saturated carbocycles. The lowest BCUT2D eigenvalue weighted by molar-refractivity contribution is -0.384. The van der Waals surface area contributed by atoms with E-state index in [2.05, 4.69) is 10.3 Å². The van der Waals surface area contributed by atoms with Gasteiger partial charge in [-0.15, -0.1) is 0 Å². The molecule has 1 N–H and O–H groups in total. The second kappa shape index (κ2) is 7.95. The van der Waals surface area contributed by atoms with Crippen LogP contribution in [0.2, 0.25) is 0 Å². The monoisotopic (exact) mass is 354 g/mol. The zero-order valence-corrected chi connectivity index (χ0v) is 14.7. The Hall–Kier alpha value is -2.96. The van der Waals surface area contributed by atoms with Crippen molar-refractivity contribution in [2.45, 2.75) is 25.8 Å². The maximum Gasteiger partial charge on any atom is 0.292 e. The molecule has 1 saturated heterocycles. The molecule has 26 heavy (non-hydrogen) atoms. The van der Waals surface area contributed by atoms with Gasteiger partial charge in [0.2, 0.25) is 5.91 Å². The molecule has 7 heteroatoms. The summed E-state index contributed by atoms with van der Waals surface area (Å²) >= 11 is 0. The van der Waals surface area contributed by atoms with Gasteiger partial charge in [-0.1, -0.05) is 18.2 Å². The zero-order valence-electron chi connectivity index (χ0n) is 14.7. The number of anilines is 1. The molecule has 1 aromatic carbocycles. The molecular weight excluding hydrogens is 332 g/mol. The second-order valence-electron chi connectivity index (χ2n) is 6.49. The predicted octanol–water partition coefficient (Wildman–Crippen LogP) is 3.08. The number of benzene rings is 1. The van der Waals surface area contributed by atoms with Crippen LogP contribution in [0.25, 0.3) is 0 Å². The number of nitro benzene ring substituents is 1. The van der Waals surface area contributed by atoms with Gasteiger partial charge < -0.3 is 10.2 Å². The molecule has 7 nitrogen and oxygen atoms in total. The Bertz CT molecular complexity index is 773. The fraction of sp³-hybridized carbons (Fsp3) is 0.368. The summed E-state index contributed by atoms with van der Waals surface area (Å²) in [6, 6.07) is 12.2. The summed E-state index contributed by atoms with van der Waals surface area (Å²) in [6.07, 6.45) is 3.06. The molecule has 1 fully saturated rings. The van der Waals surface area contributed by atoms with Gasteiger partial charge in [0.25, 0.3) is 5.69 Å². The number of para-hydroxylation sites is 2. The fourth-order valence-electron chi connectivity index (χ4n) is 3.31. The fourth-order valence-corrected chi connectivity index (χ4v) is 3.31. The van der Waals surface area contributed by atoms with Crippen LogP contribution in [0, 0.1) is 16.0 Å². The first-order valence-electron chi connectivity index (χ1n) is 8.76. The number of nitrogens with zero attached hydrogens (tertiary/aromatic N) is 3. The third-order valence-electron chi connectivity index (χ3n) is 4.78. The van der Waals surface area contributed by atoms with Crippen LogP contribution in [-0.2, 0) is 4.79 Å². The number of aromatic nitrogens is 1. The summed E-state index contributed by atoms with van der Waals surface area (Å²) < 4.78 is 0. The first kappa shape index (κ1) is 17.8. The highest BCUT2D eigenvalue weighted by Crippen LogP contribution is 2.31. The van der Waals surface area contributed by atoms with Crippen molar-refractivity contribution in [3.63, 3.8) is 0 Å². The van der Waals surface area contributed by atoms with Crippen LogP contribution in [0.3, 0.4) is 0 Å². The van der Waals surface area contributed by atoms with E-state index in [0.29, 0.717) is 31.6 Å². The first-order valence-corrected chi connectivity index (χ1v) is 8.76. The normalized spacial score (nSPS) is 16.1. The van der Waals surface area contributed by atoms with Gasteiger partial charge in [0, 0.05) is 31.3 Å². The van der Waals surface area contributed by atoms with Crippen LogP contribution < -0.4 is 10.2 Å². The summed E-state index contributed by atoms with van der Waals surface area (Å²) in [5.41, 5.74) is 1.57. The lowest BCUT2D eigenvalue weighted by Crippen LogP contribution is -2.41. The molecule has 1 aromatic heterocycles. The number of carbonyl (C=O) groups excluding carboxylic acids is 1. The van der Waals surface area contributed by atoms with Gasteiger partial charge in [-0.05, 0) is 38.0 Å². The van der Waals surface area contributed by atoms with E-state index in [-0.39, 0.29) is 28.5 Å². The van der Waals surface area contributed by atoms with Gasteiger partial charge in [0.1, 0.15) is 5.69 Å². The SMILES string of the molecule is CC(NC(=O)C1CCN(c2ccccc2[N+](=O)[O-])CC1)c1ccccn1. The lowest BCUT2D eigenvalue weighted by atomic mass is 9.95. The Balaban J connectivity index is 1.58. The largest absolute Gasteiger partial charge is 0.366 e. The minimum Gasteiger partial charge on any atom is -0.366 e. The number of pyridine rings is 1. The van der Waals surface area contributed by atoms with Crippen LogP contribution in [0.15, 0.2) is 48.7 Å². The minimum absolute atomic E-state index is 0.0189. The van der Waals surface area contributed by atoms with E-state index < -0.39 is 0 Å². The van der Waals surface area contributed by atoms with Crippen LogP contribution in [0.5, 0.6) is 0 Å². The zero-order chi connectivity index (χ0) is 18.5. The average molecular weight is 354 g/mol. The van der Waals surface area contributed by atoms with Crippen molar-refractivity contribution in [3.05, 3.63) is 64.5 Å². The summed E-state index contributed by atoms with van der Waals surface area (Å²) in [4.78, 5) is 29.6. The van der Waals surface area contributed by atoms with E-state index in [9.17, 15) is 14.9 Å². The molecular formula is C19H22N4O3. The minimum atomic E-state index is -0.358. The second-order valence-corrected chi connectivity index (χ2v) is 6.49. The van der Waals surface area contributed by atoms with E-state index in [1.807, 2.05) is 30.0 Å². The Morgan fingerprint density at radius 1 is 1.23 bits per heavy atom. The predicted molar refractivity (Wildman–Crippen MR) is 98.8 cm³/mol. The summed E-state index contributed by atoms with van der Waals surface area (Å²) in [5.74, 6) is -0.0643. The van der Waals surface area contributed by atoms with E-state index in [1.165, 1.54) is 6.07 Å². The van der Waals surface area contributed by atoms with Gasteiger partial charge in [-0.25, -0.2) is 0 Å². The Morgan fingerprint density at radius 3 is 2.58 bits per heavy atom. The molecule has 2 heterocycles. The molecule has 0 bridgehead atoms. The van der Waals surface area contributed by atoms with E-state index >= 15 is 0 Å². The topological polar surface area (TPSA) is 88.4 Å². The van der Waals surface area contributed by atoms with Gasteiger partial charge in [-0.3, -0.25) is 19.9 Å². The molecule has 0 spiro atoms. The number of carbonyl (C=O) groups is 1. The molecule has 1 aliphatic heterocycles. The number of hydrogen-bond donors (Lipinski definition) is 1. The molecule has 1 unspecified atom stereocenters. The number of nitro groups is 1. The lowest BCUT2D eigenvalue weighted by Gasteiger charge is -2.33. The molecule has 1 aliphatic rings. The standard InChI is InChI=1S/C19H22N4O3/c1-14(16-6-4-5-11-20-16)21-19(24)15-9-12-22(13-10-15)17-7-2-3-8-18(17)23(25)26/h2-8,11,14-15H,9-10,12-13H2,1H3,(H,21,24). The summed E-state index contributed by atoms with van der Waals surface area (Å²) in [7, 11) is 0. The third kappa shape index (κ3) is 3.99. The van der Waals surface area contributed by atoms with Crippen molar-refractivity contribution in [1.82, 2.24) is 10.3 Å². The third-order valence-corrected chi connectivity index (χ3v) is 4.78. The van der Waals surface area contributed by atoms with Gasteiger partial charge in [0.15, 0.2) is 0 Å². The molecule has 0 radical (unpaired) electrons. The Kier molecular flexibility index (Phi) is 5.46. The van der Waals surface area contributed by atoms with Crippen LogP contribution in [-0.4, -0.2) is 28.9 Å². The highest BCUT2D eigenvalue weighted by Gasteiger charge is 2.28. The number of rotatable bonds is 5. The van der Waals surface area contributed by atoms with Crippen molar-refractivity contribution in [1.29, 1.82) is 0 Å².